The van der Waals surface area contributed by atoms with Gasteiger partial charge in [0.15, 0.2) is 0 Å². The molecule has 118 valence electrons. The minimum Gasteiger partial charge on any atom is -0.478 e. The van der Waals surface area contributed by atoms with E-state index in [0.717, 1.165) is 11.8 Å². The van der Waals surface area contributed by atoms with E-state index in [1.807, 2.05) is 0 Å². The van der Waals surface area contributed by atoms with E-state index in [1.54, 1.807) is 13.8 Å². The lowest BCUT2D eigenvalue weighted by Crippen LogP contribution is -2.34. The Balaban J connectivity index is 4.86. The van der Waals surface area contributed by atoms with Gasteiger partial charge in [0.2, 0.25) is 5.91 Å². The highest BCUT2D eigenvalue weighted by atomic mass is 16.5. The first-order valence-electron chi connectivity index (χ1n) is 6.16. The molecule has 2 N–H and O–H groups in total. The minimum atomic E-state index is -1.48. The van der Waals surface area contributed by atoms with Gasteiger partial charge in [0, 0.05) is 12.6 Å². The average Bonchev–Trinajstić information content (AvgIpc) is 2.32. The Morgan fingerprint density at radius 2 is 1.62 bits per heavy atom. The Morgan fingerprint density at radius 1 is 1.10 bits per heavy atom. The number of nitrogens with zero attached hydrogens (tertiary/aromatic N) is 1. The standard InChI is InChI=1S/C13H19NO7/c1-7(2)21-11(16)6-14(4)10(15)5-9(13(19)20)8(3)12(17)18/h7H,5-6H2,1-4H3,(H,17,18)(H,19,20)/b9-8+. The number of aliphatic carboxylic acids is 2. The molecule has 0 spiro atoms. The topological polar surface area (TPSA) is 121 Å². The zero-order chi connectivity index (χ0) is 16.7. The van der Waals surface area contributed by atoms with Crippen LogP contribution in [0.25, 0.3) is 0 Å². The largest absolute Gasteiger partial charge is 0.478 e. The van der Waals surface area contributed by atoms with Crippen LogP contribution in [0.1, 0.15) is 27.2 Å². The third-order valence-electron chi connectivity index (χ3n) is 2.52. The molecule has 0 aliphatic heterocycles. The van der Waals surface area contributed by atoms with E-state index in [0.29, 0.717) is 0 Å². The zero-order valence-electron chi connectivity index (χ0n) is 12.4. The summed E-state index contributed by atoms with van der Waals surface area (Å²) in [5.74, 6) is -4.21. The highest BCUT2D eigenvalue weighted by molar-refractivity contribution is 6.02. The van der Waals surface area contributed by atoms with Crippen molar-refractivity contribution in [2.75, 3.05) is 13.6 Å². The highest BCUT2D eigenvalue weighted by Crippen LogP contribution is 2.11. The lowest BCUT2D eigenvalue weighted by Gasteiger charge is -2.17. The normalized spacial score (nSPS) is 11.7. The summed E-state index contributed by atoms with van der Waals surface area (Å²) >= 11 is 0. The molecule has 0 bridgehead atoms. The molecule has 0 saturated heterocycles. The molecule has 8 heteroatoms. The Hall–Kier alpha value is -2.38. The fourth-order valence-corrected chi connectivity index (χ4v) is 1.37. The van der Waals surface area contributed by atoms with Gasteiger partial charge in [-0.15, -0.1) is 0 Å². The molecule has 0 aromatic heterocycles. The molecule has 0 rings (SSSR count). The van der Waals surface area contributed by atoms with Gasteiger partial charge in [-0.05, 0) is 20.8 Å². The van der Waals surface area contributed by atoms with Crippen molar-refractivity contribution in [2.45, 2.75) is 33.3 Å². The van der Waals surface area contributed by atoms with E-state index in [4.69, 9.17) is 14.9 Å². The highest BCUT2D eigenvalue weighted by Gasteiger charge is 2.22. The maximum atomic E-state index is 11.8. The summed E-state index contributed by atoms with van der Waals surface area (Å²) in [5, 5.41) is 17.7. The predicted octanol–water partition coefficient (Wildman–Crippen LogP) is 0.272. The van der Waals surface area contributed by atoms with Crippen LogP contribution >= 0.6 is 0 Å². The first-order chi connectivity index (χ1) is 9.56. The summed E-state index contributed by atoms with van der Waals surface area (Å²) in [6, 6.07) is 0. The second kappa shape index (κ2) is 8.03. The molecule has 0 fully saturated rings. The fraction of sp³-hybridized carbons (Fsp3) is 0.538. The van der Waals surface area contributed by atoms with Crippen molar-refractivity contribution in [3.63, 3.8) is 0 Å². The molecule has 0 unspecified atom stereocenters. The van der Waals surface area contributed by atoms with Crippen LogP contribution in [0, 0.1) is 0 Å². The number of carboxylic acid groups (broad SMARTS) is 2. The summed E-state index contributed by atoms with van der Waals surface area (Å²) in [5.41, 5.74) is -0.939. The van der Waals surface area contributed by atoms with E-state index in [-0.39, 0.29) is 12.6 Å². The third-order valence-corrected chi connectivity index (χ3v) is 2.52. The number of carbonyl (C=O) groups is 4. The molecule has 0 radical (unpaired) electrons. The Bertz CT molecular complexity index is 479. The monoisotopic (exact) mass is 301 g/mol. The van der Waals surface area contributed by atoms with Gasteiger partial charge in [-0.2, -0.15) is 0 Å². The number of amides is 1. The first-order valence-corrected chi connectivity index (χ1v) is 6.16. The average molecular weight is 301 g/mol. The molecule has 0 aromatic rings. The van der Waals surface area contributed by atoms with Gasteiger partial charge in [0.05, 0.1) is 18.1 Å². The summed E-state index contributed by atoms with van der Waals surface area (Å²) in [7, 11) is 1.31. The molecule has 1 amide bonds. The molecule has 8 nitrogen and oxygen atoms in total. The number of rotatable bonds is 7. The van der Waals surface area contributed by atoms with Crippen LogP contribution in [0.15, 0.2) is 11.1 Å². The Kier molecular flexibility index (Phi) is 7.12. The number of carboxylic acids is 2. The molecular weight excluding hydrogens is 282 g/mol. The van der Waals surface area contributed by atoms with Crippen LogP contribution in [0.2, 0.25) is 0 Å². The molecule has 0 saturated carbocycles. The summed E-state index contributed by atoms with van der Waals surface area (Å²) in [6.07, 6.45) is -0.941. The van der Waals surface area contributed by atoms with Crippen LogP contribution in [0.4, 0.5) is 0 Å². The van der Waals surface area contributed by atoms with Crippen molar-refractivity contribution in [2.24, 2.45) is 0 Å². The van der Waals surface area contributed by atoms with Crippen molar-refractivity contribution in [3.8, 4) is 0 Å². The van der Waals surface area contributed by atoms with Crippen LogP contribution in [-0.2, 0) is 23.9 Å². The molecule has 0 aromatic carbocycles. The Morgan fingerprint density at radius 3 is 2.00 bits per heavy atom. The summed E-state index contributed by atoms with van der Waals surface area (Å²) < 4.78 is 4.85. The van der Waals surface area contributed by atoms with Gasteiger partial charge in [0.25, 0.3) is 0 Å². The molecular formula is C13H19NO7. The number of carbonyl (C=O) groups excluding carboxylic acids is 2. The van der Waals surface area contributed by atoms with Gasteiger partial charge < -0.3 is 19.8 Å². The van der Waals surface area contributed by atoms with Gasteiger partial charge >= 0.3 is 17.9 Å². The number of hydrogen-bond donors (Lipinski definition) is 2. The minimum absolute atomic E-state index is 0.329. The smallest absolute Gasteiger partial charge is 0.332 e. The predicted molar refractivity (Wildman–Crippen MR) is 71.5 cm³/mol. The molecule has 0 aliphatic carbocycles. The van der Waals surface area contributed by atoms with Gasteiger partial charge in [0.1, 0.15) is 6.54 Å². The van der Waals surface area contributed by atoms with Crippen molar-refractivity contribution in [3.05, 3.63) is 11.1 Å². The van der Waals surface area contributed by atoms with Crippen molar-refractivity contribution in [1.82, 2.24) is 4.90 Å². The Labute approximate surface area is 122 Å². The SMILES string of the molecule is C/C(C(=O)O)=C(/CC(=O)N(C)CC(=O)OC(C)C)C(=O)O. The van der Waals surface area contributed by atoms with Crippen LogP contribution in [0.3, 0.4) is 0 Å². The number of esters is 1. The van der Waals surface area contributed by atoms with E-state index in [2.05, 4.69) is 0 Å². The van der Waals surface area contributed by atoms with E-state index < -0.39 is 41.4 Å². The second-order valence-electron chi connectivity index (χ2n) is 4.68. The van der Waals surface area contributed by atoms with Crippen molar-refractivity contribution >= 4 is 23.8 Å². The lowest BCUT2D eigenvalue weighted by atomic mass is 10.1. The van der Waals surface area contributed by atoms with Gasteiger partial charge in [-0.25, -0.2) is 9.59 Å². The molecule has 0 aliphatic rings. The number of hydrogen-bond acceptors (Lipinski definition) is 5. The van der Waals surface area contributed by atoms with Crippen LogP contribution < -0.4 is 0 Å². The van der Waals surface area contributed by atoms with E-state index in [9.17, 15) is 19.2 Å². The quantitative estimate of drug-likeness (QED) is 0.511. The van der Waals surface area contributed by atoms with Crippen LogP contribution in [-0.4, -0.2) is 58.6 Å². The van der Waals surface area contributed by atoms with Gasteiger partial charge in [-0.3, -0.25) is 9.59 Å². The summed E-state index contributed by atoms with van der Waals surface area (Å²) in [4.78, 5) is 46.0. The lowest BCUT2D eigenvalue weighted by molar-refractivity contribution is -0.151. The molecule has 0 heterocycles. The fourth-order valence-electron chi connectivity index (χ4n) is 1.37. The van der Waals surface area contributed by atoms with Crippen molar-refractivity contribution in [1.29, 1.82) is 0 Å². The molecule has 21 heavy (non-hydrogen) atoms. The molecule has 0 atom stereocenters. The number of ether oxygens (including phenoxy) is 1. The summed E-state index contributed by atoms with van der Waals surface area (Å²) in [6.45, 7) is 4.07. The third kappa shape index (κ3) is 6.55. The number of likely N-dealkylation sites (N-methyl/N-ethyl adjacent to an activating group) is 1. The van der Waals surface area contributed by atoms with Crippen LogP contribution in [0.5, 0.6) is 0 Å². The maximum Gasteiger partial charge on any atom is 0.332 e. The van der Waals surface area contributed by atoms with Gasteiger partial charge in [-0.1, -0.05) is 0 Å². The maximum absolute atomic E-state index is 11.8. The van der Waals surface area contributed by atoms with E-state index in [1.165, 1.54) is 7.05 Å². The zero-order valence-corrected chi connectivity index (χ0v) is 12.4. The van der Waals surface area contributed by atoms with E-state index >= 15 is 0 Å². The second-order valence-corrected chi connectivity index (χ2v) is 4.68. The first kappa shape index (κ1) is 18.6. The van der Waals surface area contributed by atoms with Crippen molar-refractivity contribution < 1.29 is 34.1 Å².